The minimum Gasteiger partial charge on any atom is -0.457 e. The van der Waals surface area contributed by atoms with Gasteiger partial charge in [0.05, 0.1) is 6.10 Å². The van der Waals surface area contributed by atoms with E-state index in [2.05, 4.69) is 9.17 Å². The van der Waals surface area contributed by atoms with Crippen LogP contribution in [0.25, 0.3) is 0 Å². The molecule has 0 bridgehead atoms. The molecule has 0 spiro atoms. The molecule has 1 aliphatic carbocycles. The molecule has 4 N–H and O–H groups in total. The molecule has 9 atom stereocenters. The third kappa shape index (κ3) is 7.73. The van der Waals surface area contributed by atoms with Crippen molar-refractivity contribution in [3.8, 4) is 0 Å². The normalized spacial score (nSPS) is 31.4. The lowest BCUT2D eigenvalue weighted by molar-refractivity contribution is -0.169. The molecule has 0 saturated heterocycles. The molecule has 41 heavy (non-hydrogen) atoms. The fraction of sp³-hybridized carbons (Fsp3) is 0.571. The summed E-state index contributed by atoms with van der Waals surface area (Å²) in [4.78, 5) is 28.7. The van der Waals surface area contributed by atoms with Gasteiger partial charge in [0.25, 0.3) is 0 Å². The summed E-state index contributed by atoms with van der Waals surface area (Å²) in [5.74, 6) is -3.35. The number of H-pyrrole nitrogens is 1. The van der Waals surface area contributed by atoms with Crippen molar-refractivity contribution in [3.63, 3.8) is 0 Å². The molecule has 0 radical (unpaired) electrons. The average Bonchev–Trinajstić information content (AvgIpc) is 3.42. The SMILES string of the molecule is CO[C@H]1C[C@H]2C=CC([C@H](OC(=O)c3ccc[nH]3)[C@H](C)[C@H](C)O)=C[C@]2(O)/C(C)=C/[C@@H](C)[C@@H]([C@@H](C)OS(=O)(=O)O)OC1=O. The standard InChI is InChI=1S/C28H39NO11S/c1-15-12-16(2)28(33)14-20(25(17(3)18(4)30)39-26(31)22-8-7-11-29-22)9-10-21(28)13-23(37-6)27(32)38-24(15)19(5)40-41(34,35)36/h7-12,14-15,17-19,21,23-25,29-30,33H,13H2,1-6H3,(H,34,35,36)/b16-12+/t15-,17-,18+,19-,21-,23+,24+,25-,28+/m1/s1. The summed E-state index contributed by atoms with van der Waals surface area (Å²) >= 11 is 0. The van der Waals surface area contributed by atoms with Gasteiger partial charge >= 0.3 is 22.3 Å². The number of esters is 2. The lowest BCUT2D eigenvalue weighted by atomic mass is 9.71. The number of aromatic nitrogens is 1. The van der Waals surface area contributed by atoms with Crippen molar-refractivity contribution in [2.24, 2.45) is 17.8 Å². The quantitative estimate of drug-likeness (QED) is 0.186. The van der Waals surface area contributed by atoms with Gasteiger partial charge in [0.2, 0.25) is 0 Å². The van der Waals surface area contributed by atoms with E-state index in [0.29, 0.717) is 11.1 Å². The van der Waals surface area contributed by atoms with Crippen molar-refractivity contribution in [2.45, 2.75) is 77.2 Å². The first-order valence-corrected chi connectivity index (χ1v) is 14.7. The first-order chi connectivity index (χ1) is 19.1. The van der Waals surface area contributed by atoms with Crippen LogP contribution >= 0.6 is 0 Å². The molecule has 228 valence electrons. The maximum absolute atomic E-state index is 13.1. The Bertz CT molecular complexity index is 1280. The summed E-state index contributed by atoms with van der Waals surface area (Å²) in [5.41, 5.74) is -0.597. The number of carbonyl (C=O) groups is 2. The fourth-order valence-electron chi connectivity index (χ4n) is 5.22. The molecular weight excluding hydrogens is 558 g/mol. The highest BCUT2D eigenvalue weighted by atomic mass is 32.3. The lowest BCUT2D eigenvalue weighted by Gasteiger charge is -2.41. The van der Waals surface area contributed by atoms with Crippen LogP contribution in [0.3, 0.4) is 0 Å². The monoisotopic (exact) mass is 597 g/mol. The van der Waals surface area contributed by atoms with Gasteiger partial charge in [-0.25, -0.2) is 13.8 Å². The van der Waals surface area contributed by atoms with Crippen LogP contribution in [0.5, 0.6) is 0 Å². The maximum Gasteiger partial charge on any atom is 0.397 e. The zero-order valence-electron chi connectivity index (χ0n) is 23.9. The van der Waals surface area contributed by atoms with E-state index in [1.807, 2.05) is 0 Å². The molecule has 13 heteroatoms. The molecule has 0 unspecified atom stereocenters. The topological polar surface area (TPSA) is 182 Å². The van der Waals surface area contributed by atoms with Crippen LogP contribution < -0.4 is 0 Å². The van der Waals surface area contributed by atoms with E-state index in [4.69, 9.17) is 14.2 Å². The van der Waals surface area contributed by atoms with Crippen LogP contribution in [-0.2, 0) is 33.6 Å². The smallest absolute Gasteiger partial charge is 0.397 e. The van der Waals surface area contributed by atoms with Crippen LogP contribution in [0, 0.1) is 17.8 Å². The number of hydrogen-bond acceptors (Lipinski definition) is 10. The van der Waals surface area contributed by atoms with Crippen LogP contribution in [0.2, 0.25) is 0 Å². The predicted octanol–water partition coefficient (Wildman–Crippen LogP) is 2.52. The molecule has 0 aromatic carbocycles. The number of carbonyl (C=O) groups excluding carboxylic acids is 2. The van der Waals surface area contributed by atoms with Gasteiger partial charge in [-0.1, -0.05) is 32.1 Å². The van der Waals surface area contributed by atoms with Gasteiger partial charge in [-0.3, -0.25) is 4.55 Å². The van der Waals surface area contributed by atoms with Crippen molar-refractivity contribution in [1.29, 1.82) is 0 Å². The van der Waals surface area contributed by atoms with Crippen LogP contribution in [0.15, 0.2) is 53.8 Å². The number of cyclic esters (lactones) is 1. The Morgan fingerprint density at radius 3 is 2.51 bits per heavy atom. The van der Waals surface area contributed by atoms with Gasteiger partial charge in [0, 0.05) is 31.1 Å². The second-order valence-corrected chi connectivity index (χ2v) is 11.8. The number of aromatic amines is 1. The van der Waals surface area contributed by atoms with E-state index in [-0.39, 0.29) is 12.1 Å². The number of aliphatic hydroxyl groups is 2. The summed E-state index contributed by atoms with van der Waals surface area (Å²) in [6, 6.07) is 3.21. The molecular formula is C28H39NO11S. The minimum atomic E-state index is -4.85. The van der Waals surface area contributed by atoms with Gasteiger partial charge < -0.3 is 29.4 Å². The number of hydrogen-bond donors (Lipinski definition) is 4. The third-order valence-electron chi connectivity index (χ3n) is 7.76. The van der Waals surface area contributed by atoms with E-state index >= 15 is 0 Å². The number of ether oxygens (including phenoxy) is 3. The number of methoxy groups -OCH3 is 1. The second-order valence-electron chi connectivity index (χ2n) is 10.7. The molecule has 1 aromatic rings. The Morgan fingerprint density at radius 2 is 1.95 bits per heavy atom. The molecule has 1 aliphatic heterocycles. The van der Waals surface area contributed by atoms with E-state index in [0.717, 1.165) is 0 Å². The van der Waals surface area contributed by atoms with Crippen molar-refractivity contribution >= 4 is 22.3 Å². The highest BCUT2D eigenvalue weighted by molar-refractivity contribution is 7.80. The largest absolute Gasteiger partial charge is 0.457 e. The fourth-order valence-corrected chi connectivity index (χ4v) is 5.72. The van der Waals surface area contributed by atoms with E-state index in [1.165, 1.54) is 14.0 Å². The van der Waals surface area contributed by atoms with Crippen molar-refractivity contribution in [1.82, 2.24) is 4.98 Å². The van der Waals surface area contributed by atoms with E-state index < -0.39 is 76.2 Å². The molecule has 0 fully saturated rings. The van der Waals surface area contributed by atoms with Crippen LogP contribution in [-0.4, -0.2) is 83.3 Å². The number of aliphatic hydroxyl groups excluding tert-OH is 1. The molecule has 1 aromatic heterocycles. The highest BCUT2D eigenvalue weighted by Crippen LogP contribution is 2.41. The Morgan fingerprint density at radius 1 is 1.27 bits per heavy atom. The average molecular weight is 598 g/mol. The summed E-state index contributed by atoms with van der Waals surface area (Å²) in [6.45, 7) is 7.95. The van der Waals surface area contributed by atoms with Crippen LogP contribution in [0.4, 0.5) is 0 Å². The van der Waals surface area contributed by atoms with Gasteiger partial charge in [0.15, 0.2) is 6.10 Å². The van der Waals surface area contributed by atoms with Gasteiger partial charge in [-0.15, -0.1) is 0 Å². The van der Waals surface area contributed by atoms with Crippen molar-refractivity contribution < 1.29 is 51.2 Å². The molecule has 2 aliphatic rings. The molecule has 2 heterocycles. The van der Waals surface area contributed by atoms with Crippen LogP contribution in [0.1, 0.15) is 51.5 Å². The predicted molar refractivity (Wildman–Crippen MR) is 147 cm³/mol. The van der Waals surface area contributed by atoms with E-state index in [9.17, 15) is 32.8 Å². The molecule has 0 saturated carbocycles. The Kier molecular flexibility index (Phi) is 10.4. The first-order valence-electron chi connectivity index (χ1n) is 13.3. The maximum atomic E-state index is 13.1. The number of nitrogens with one attached hydrogen (secondary N) is 1. The number of fused-ring (bicyclic) bond motifs is 1. The zero-order valence-corrected chi connectivity index (χ0v) is 24.7. The molecule has 12 nitrogen and oxygen atoms in total. The molecule has 3 rings (SSSR count). The van der Waals surface area contributed by atoms with E-state index in [1.54, 1.807) is 70.3 Å². The Labute approximate surface area is 240 Å². The number of rotatable bonds is 9. The third-order valence-corrected chi connectivity index (χ3v) is 8.31. The minimum absolute atomic E-state index is 0.00911. The zero-order chi connectivity index (χ0) is 30.7. The summed E-state index contributed by atoms with van der Waals surface area (Å²) < 4.78 is 53.4. The lowest BCUT2D eigenvalue weighted by Crippen LogP contribution is -2.47. The first kappa shape index (κ1) is 32.7. The van der Waals surface area contributed by atoms with Gasteiger partial charge in [0.1, 0.15) is 29.6 Å². The summed E-state index contributed by atoms with van der Waals surface area (Å²) in [7, 11) is -3.54. The summed E-state index contributed by atoms with van der Waals surface area (Å²) in [5, 5.41) is 22.6. The van der Waals surface area contributed by atoms with Crippen molar-refractivity contribution in [3.05, 3.63) is 59.5 Å². The van der Waals surface area contributed by atoms with Gasteiger partial charge in [-0.2, -0.15) is 8.42 Å². The molecule has 0 amide bonds. The second kappa shape index (κ2) is 13.0. The highest BCUT2D eigenvalue weighted by Gasteiger charge is 2.44. The Balaban J connectivity index is 2.08. The summed E-state index contributed by atoms with van der Waals surface area (Å²) in [6.07, 6.45) is 2.78. The van der Waals surface area contributed by atoms with Crippen molar-refractivity contribution in [2.75, 3.05) is 7.11 Å². The van der Waals surface area contributed by atoms with Gasteiger partial charge in [-0.05, 0) is 56.5 Å². The Hall–Kier alpha value is -2.81.